The average molecular weight is 301 g/mol. The Morgan fingerprint density at radius 3 is 2.91 bits per heavy atom. The van der Waals surface area contributed by atoms with E-state index in [2.05, 4.69) is 15.3 Å². The molecular formula is C14H15N5O3. The lowest BCUT2D eigenvalue weighted by Gasteiger charge is -2.10. The van der Waals surface area contributed by atoms with Gasteiger partial charge < -0.3 is 9.84 Å². The van der Waals surface area contributed by atoms with Crippen LogP contribution < -0.4 is 10.3 Å². The molecule has 2 heterocycles. The minimum atomic E-state index is -0.291. The summed E-state index contributed by atoms with van der Waals surface area (Å²) in [4.78, 5) is 12.5. The van der Waals surface area contributed by atoms with Crippen molar-refractivity contribution < 1.29 is 9.84 Å². The van der Waals surface area contributed by atoms with Crippen LogP contribution in [0.5, 0.6) is 5.75 Å². The maximum atomic E-state index is 12.5. The first-order valence-electron chi connectivity index (χ1n) is 6.77. The molecule has 0 aliphatic heterocycles. The van der Waals surface area contributed by atoms with E-state index in [-0.39, 0.29) is 18.7 Å². The molecule has 0 aliphatic carbocycles. The first-order valence-corrected chi connectivity index (χ1v) is 6.77. The quantitative estimate of drug-likeness (QED) is 0.706. The van der Waals surface area contributed by atoms with Gasteiger partial charge in [-0.15, -0.1) is 10.2 Å². The number of ether oxygens (including phenoxy) is 1. The minimum Gasteiger partial charge on any atom is -0.496 e. The number of nitrogens with zero attached hydrogens (tertiary/aromatic N) is 5. The molecule has 114 valence electrons. The zero-order valence-corrected chi connectivity index (χ0v) is 12.0. The van der Waals surface area contributed by atoms with Crippen molar-refractivity contribution in [2.75, 3.05) is 13.7 Å². The van der Waals surface area contributed by atoms with Crippen molar-refractivity contribution >= 4 is 5.78 Å². The van der Waals surface area contributed by atoms with Gasteiger partial charge in [-0.3, -0.25) is 9.36 Å². The lowest BCUT2D eigenvalue weighted by atomic mass is 10.1. The largest absolute Gasteiger partial charge is 0.496 e. The summed E-state index contributed by atoms with van der Waals surface area (Å²) in [6.45, 7) is -0.0248. The highest BCUT2D eigenvalue weighted by Gasteiger charge is 2.14. The highest BCUT2D eigenvalue weighted by atomic mass is 16.5. The monoisotopic (exact) mass is 301 g/mol. The van der Waals surface area contributed by atoms with Crippen molar-refractivity contribution in [3.8, 4) is 5.75 Å². The number of aliphatic hydroxyl groups is 1. The number of hydrogen-bond donors (Lipinski definition) is 1. The number of aliphatic hydroxyl groups excluding tert-OH is 1. The van der Waals surface area contributed by atoms with Gasteiger partial charge in [0.25, 0.3) is 11.3 Å². The van der Waals surface area contributed by atoms with Crippen LogP contribution in [0.1, 0.15) is 11.3 Å². The Morgan fingerprint density at radius 2 is 2.14 bits per heavy atom. The van der Waals surface area contributed by atoms with Gasteiger partial charge in [0.1, 0.15) is 17.8 Å². The summed E-state index contributed by atoms with van der Waals surface area (Å²) in [5.41, 5.74) is 0.906. The molecule has 3 rings (SSSR count). The van der Waals surface area contributed by atoms with E-state index in [1.165, 1.54) is 15.4 Å². The van der Waals surface area contributed by atoms with Crippen molar-refractivity contribution in [3.05, 3.63) is 52.2 Å². The Kier molecular flexibility index (Phi) is 3.84. The van der Waals surface area contributed by atoms with Crippen molar-refractivity contribution in [2.24, 2.45) is 0 Å². The second-order valence-electron chi connectivity index (χ2n) is 4.69. The number of para-hydroxylation sites is 1. The molecular weight excluding hydrogens is 286 g/mol. The number of methoxy groups -OCH3 is 1. The summed E-state index contributed by atoms with van der Waals surface area (Å²) >= 11 is 0. The van der Waals surface area contributed by atoms with Crippen LogP contribution in [0.3, 0.4) is 0 Å². The van der Waals surface area contributed by atoms with E-state index in [1.54, 1.807) is 7.11 Å². The van der Waals surface area contributed by atoms with Crippen LogP contribution >= 0.6 is 0 Å². The van der Waals surface area contributed by atoms with Gasteiger partial charge >= 0.3 is 0 Å². The molecule has 0 saturated heterocycles. The van der Waals surface area contributed by atoms with Crippen molar-refractivity contribution in [2.45, 2.75) is 13.0 Å². The van der Waals surface area contributed by atoms with Gasteiger partial charge in [0.05, 0.1) is 20.3 Å². The molecule has 0 unspecified atom stereocenters. The van der Waals surface area contributed by atoms with E-state index in [0.29, 0.717) is 23.6 Å². The van der Waals surface area contributed by atoms with Crippen LogP contribution in [0, 0.1) is 0 Å². The molecule has 0 bridgehead atoms. The average Bonchev–Trinajstić information content (AvgIpc) is 3.00. The molecule has 0 amide bonds. The van der Waals surface area contributed by atoms with Crippen LogP contribution in [-0.2, 0) is 13.0 Å². The van der Waals surface area contributed by atoms with E-state index in [9.17, 15) is 4.79 Å². The number of fused-ring (bicyclic) bond motifs is 1. The molecule has 1 N–H and O–H groups in total. The second-order valence-corrected chi connectivity index (χ2v) is 4.69. The number of hydrogen-bond acceptors (Lipinski definition) is 6. The van der Waals surface area contributed by atoms with Crippen LogP contribution in [0.4, 0.5) is 0 Å². The summed E-state index contributed by atoms with van der Waals surface area (Å²) in [5, 5.41) is 21.0. The molecule has 0 aliphatic rings. The fraction of sp³-hybridized carbons (Fsp3) is 0.286. The predicted octanol–water partition coefficient (Wildman–Crippen LogP) is -0.122. The van der Waals surface area contributed by atoms with E-state index in [1.807, 2.05) is 24.3 Å². The molecule has 8 heteroatoms. The van der Waals surface area contributed by atoms with Gasteiger partial charge in [0.2, 0.25) is 0 Å². The van der Waals surface area contributed by atoms with Crippen molar-refractivity contribution in [3.63, 3.8) is 0 Å². The van der Waals surface area contributed by atoms with Gasteiger partial charge in [-0.25, -0.2) is 0 Å². The van der Waals surface area contributed by atoms with Gasteiger partial charge in [-0.05, 0) is 6.07 Å². The zero-order valence-electron chi connectivity index (χ0n) is 12.0. The summed E-state index contributed by atoms with van der Waals surface area (Å²) < 4.78 is 8.10. The Morgan fingerprint density at radius 1 is 1.32 bits per heavy atom. The molecule has 0 saturated carbocycles. The molecule has 2 aromatic heterocycles. The summed E-state index contributed by atoms with van der Waals surface area (Å²) in [6.07, 6.45) is 1.75. The fourth-order valence-electron chi connectivity index (χ4n) is 2.33. The summed E-state index contributed by atoms with van der Waals surface area (Å²) in [5.74, 6) is 1.00. The lowest BCUT2D eigenvalue weighted by Crippen LogP contribution is -2.29. The molecule has 0 spiro atoms. The van der Waals surface area contributed by atoms with Gasteiger partial charge in [0.15, 0.2) is 0 Å². The predicted molar refractivity (Wildman–Crippen MR) is 77.9 cm³/mol. The standard InChI is InChI=1S/C14H15N5O3/c1-22-12-5-3-2-4-10(12)8-11-13(21)18(6-7-20)14-16-15-9-19(14)17-11/h2-5,9,20H,6-8H2,1H3. The van der Waals surface area contributed by atoms with Crippen LogP contribution in [0.15, 0.2) is 35.4 Å². The minimum absolute atomic E-state index is 0.141. The van der Waals surface area contributed by atoms with E-state index in [0.717, 1.165) is 5.56 Å². The Hall–Kier alpha value is -2.74. The third-order valence-corrected chi connectivity index (χ3v) is 3.35. The van der Waals surface area contributed by atoms with Crippen LogP contribution in [0.2, 0.25) is 0 Å². The highest BCUT2D eigenvalue weighted by Crippen LogP contribution is 2.19. The first-order chi connectivity index (χ1) is 10.7. The zero-order chi connectivity index (χ0) is 15.5. The van der Waals surface area contributed by atoms with Crippen molar-refractivity contribution in [1.29, 1.82) is 0 Å². The van der Waals surface area contributed by atoms with Crippen LogP contribution in [-0.4, -0.2) is 43.2 Å². The smallest absolute Gasteiger partial charge is 0.277 e. The first kappa shape index (κ1) is 14.2. The van der Waals surface area contributed by atoms with Gasteiger partial charge in [0, 0.05) is 12.0 Å². The number of rotatable bonds is 5. The SMILES string of the molecule is COc1ccccc1Cc1nn2cnnc2n(CCO)c1=O. The van der Waals surface area contributed by atoms with E-state index < -0.39 is 0 Å². The summed E-state index contributed by atoms with van der Waals surface area (Å²) in [7, 11) is 1.58. The number of aromatic nitrogens is 5. The third kappa shape index (κ3) is 2.44. The number of benzene rings is 1. The Labute approximate surface area is 125 Å². The molecule has 22 heavy (non-hydrogen) atoms. The Balaban J connectivity index is 2.11. The molecule has 8 nitrogen and oxygen atoms in total. The fourth-order valence-corrected chi connectivity index (χ4v) is 2.33. The van der Waals surface area contributed by atoms with Gasteiger partial charge in [-0.1, -0.05) is 18.2 Å². The van der Waals surface area contributed by atoms with Crippen molar-refractivity contribution in [1.82, 2.24) is 24.4 Å². The summed E-state index contributed by atoms with van der Waals surface area (Å²) in [6, 6.07) is 7.45. The maximum absolute atomic E-state index is 12.5. The van der Waals surface area contributed by atoms with E-state index in [4.69, 9.17) is 9.84 Å². The third-order valence-electron chi connectivity index (χ3n) is 3.35. The molecule has 0 atom stereocenters. The second kappa shape index (κ2) is 5.94. The van der Waals surface area contributed by atoms with Gasteiger partial charge in [-0.2, -0.15) is 9.61 Å². The Bertz CT molecular complexity index is 855. The van der Waals surface area contributed by atoms with E-state index >= 15 is 0 Å². The van der Waals surface area contributed by atoms with Crippen LogP contribution in [0.25, 0.3) is 5.78 Å². The molecule has 1 aromatic carbocycles. The molecule has 3 aromatic rings. The normalized spacial score (nSPS) is 11.0. The lowest BCUT2D eigenvalue weighted by molar-refractivity contribution is 0.274. The highest BCUT2D eigenvalue weighted by molar-refractivity contribution is 5.36. The maximum Gasteiger partial charge on any atom is 0.277 e. The molecule has 0 radical (unpaired) electrons. The topological polar surface area (TPSA) is 94.5 Å². The molecule has 0 fully saturated rings.